The summed E-state index contributed by atoms with van der Waals surface area (Å²) >= 11 is 0. The molecule has 200 valence electrons. The molecule has 2 N–H and O–H groups in total. The number of benzene rings is 3. The molecule has 2 aliphatic rings. The predicted octanol–water partition coefficient (Wildman–Crippen LogP) is 5.43. The number of urea groups is 1. The molecule has 1 unspecified atom stereocenters. The number of carbonyl (C=O) groups is 1. The summed E-state index contributed by atoms with van der Waals surface area (Å²) in [6, 6.07) is 16.2. The van der Waals surface area contributed by atoms with Crippen molar-refractivity contribution in [3.05, 3.63) is 78.2 Å². The summed E-state index contributed by atoms with van der Waals surface area (Å²) in [5.41, 5.74) is 2.04. The van der Waals surface area contributed by atoms with Crippen molar-refractivity contribution in [3.8, 4) is 28.7 Å². The minimum absolute atomic E-state index is 0.0476. The van der Waals surface area contributed by atoms with Gasteiger partial charge in [-0.3, -0.25) is 4.98 Å². The average molecular weight is 532 g/mol. The summed E-state index contributed by atoms with van der Waals surface area (Å²) in [5.74, 6) is 2.44. The molecule has 1 aromatic heterocycles. The first-order valence-corrected chi connectivity index (χ1v) is 12.7. The van der Waals surface area contributed by atoms with E-state index in [1.807, 2.05) is 6.07 Å². The molecule has 39 heavy (non-hydrogen) atoms. The van der Waals surface area contributed by atoms with Crippen LogP contribution < -0.4 is 29.6 Å². The Bertz CT molecular complexity index is 1470. The van der Waals surface area contributed by atoms with Crippen molar-refractivity contribution in [2.24, 2.45) is 0 Å². The highest BCUT2D eigenvalue weighted by atomic mass is 19.1. The highest BCUT2D eigenvalue weighted by Crippen LogP contribution is 2.48. The van der Waals surface area contributed by atoms with E-state index in [1.165, 1.54) is 12.1 Å². The second-order valence-corrected chi connectivity index (χ2v) is 9.10. The van der Waals surface area contributed by atoms with E-state index in [9.17, 15) is 9.18 Å². The molecule has 6 rings (SSSR count). The molecule has 0 bridgehead atoms. The monoisotopic (exact) mass is 531 g/mol. The molecule has 1 saturated heterocycles. The molecule has 10 heteroatoms. The van der Waals surface area contributed by atoms with Gasteiger partial charge in [-0.15, -0.1) is 0 Å². The lowest BCUT2D eigenvalue weighted by Gasteiger charge is -2.24. The molecule has 1 atom stereocenters. The fraction of sp³-hybridized carbons (Fsp3) is 0.241. The van der Waals surface area contributed by atoms with Gasteiger partial charge in [-0.25, -0.2) is 9.18 Å². The van der Waals surface area contributed by atoms with E-state index in [0.29, 0.717) is 71.8 Å². The third kappa shape index (κ3) is 5.65. The van der Waals surface area contributed by atoms with Gasteiger partial charge in [-0.2, -0.15) is 0 Å². The third-order valence-corrected chi connectivity index (χ3v) is 6.33. The third-order valence-electron chi connectivity index (χ3n) is 6.33. The van der Waals surface area contributed by atoms with E-state index in [-0.39, 0.29) is 24.5 Å². The highest BCUT2D eigenvalue weighted by molar-refractivity contribution is 5.95. The lowest BCUT2D eigenvalue weighted by Crippen LogP contribution is -2.28. The number of anilines is 1. The molecule has 1 fully saturated rings. The second kappa shape index (κ2) is 11.0. The van der Waals surface area contributed by atoms with Gasteiger partial charge in [0.2, 0.25) is 5.75 Å². The average Bonchev–Trinajstić information content (AvgIpc) is 3.47. The Labute approximate surface area is 223 Å². The van der Waals surface area contributed by atoms with Crippen LogP contribution in [0, 0.1) is 5.82 Å². The van der Waals surface area contributed by atoms with Gasteiger partial charge in [0.05, 0.1) is 24.1 Å². The molecule has 9 nitrogen and oxygen atoms in total. The molecule has 0 radical (unpaired) electrons. The minimum atomic E-state index is -0.376. The van der Waals surface area contributed by atoms with Crippen LogP contribution in [0.4, 0.5) is 14.9 Å². The Balaban J connectivity index is 1.17. The van der Waals surface area contributed by atoms with Crippen molar-refractivity contribution in [1.29, 1.82) is 0 Å². The Morgan fingerprint density at radius 3 is 2.54 bits per heavy atom. The number of rotatable bonds is 7. The first-order chi connectivity index (χ1) is 19.1. The maximum atomic E-state index is 13.0. The van der Waals surface area contributed by atoms with E-state index in [2.05, 4.69) is 15.6 Å². The normalized spacial score (nSPS) is 16.1. The van der Waals surface area contributed by atoms with Crippen LogP contribution in [0.2, 0.25) is 0 Å². The first kappa shape index (κ1) is 24.7. The minimum Gasteiger partial charge on any atom is -0.485 e. The van der Waals surface area contributed by atoms with Crippen molar-refractivity contribution < 1.29 is 32.9 Å². The van der Waals surface area contributed by atoms with Gasteiger partial charge >= 0.3 is 6.03 Å². The fourth-order valence-corrected chi connectivity index (χ4v) is 4.43. The fourth-order valence-electron chi connectivity index (χ4n) is 4.43. The molecule has 3 aromatic carbocycles. The zero-order chi connectivity index (χ0) is 26.6. The first-order valence-electron chi connectivity index (χ1n) is 12.7. The molecule has 3 heterocycles. The van der Waals surface area contributed by atoms with Gasteiger partial charge in [0, 0.05) is 30.9 Å². The SMILES string of the molecule is O=C(NCc1ccc(F)cc1)Nc1ccc(Oc2ccnc3cc(OC4CCOC4)c4c(c23)OCCO4)cc1. The van der Waals surface area contributed by atoms with Crippen molar-refractivity contribution in [2.45, 2.75) is 19.1 Å². The number of pyridine rings is 1. The van der Waals surface area contributed by atoms with Crippen LogP contribution >= 0.6 is 0 Å². The number of fused-ring (bicyclic) bond motifs is 3. The Morgan fingerprint density at radius 2 is 1.77 bits per heavy atom. The van der Waals surface area contributed by atoms with Crippen molar-refractivity contribution >= 4 is 22.6 Å². The Morgan fingerprint density at radius 1 is 0.974 bits per heavy atom. The van der Waals surface area contributed by atoms with Crippen LogP contribution in [0.15, 0.2) is 66.9 Å². The van der Waals surface area contributed by atoms with Crippen molar-refractivity contribution in [1.82, 2.24) is 10.3 Å². The van der Waals surface area contributed by atoms with E-state index >= 15 is 0 Å². The summed E-state index contributed by atoms with van der Waals surface area (Å²) in [6.07, 6.45) is 2.43. The van der Waals surface area contributed by atoms with Crippen molar-refractivity contribution in [2.75, 3.05) is 31.7 Å². The van der Waals surface area contributed by atoms with E-state index in [4.69, 9.17) is 23.7 Å². The van der Waals surface area contributed by atoms with Gasteiger partial charge in [-0.05, 0) is 48.0 Å². The predicted molar refractivity (Wildman–Crippen MR) is 141 cm³/mol. The number of nitrogens with one attached hydrogen (secondary N) is 2. The molecule has 0 aliphatic carbocycles. The molecular formula is C29H26FN3O6. The van der Waals surface area contributed by atoms with Gasteiger partial charge in [-0.1, -0.05) is 12.1 Å². The van der Waals surface area contributed by atoms with Gasteiger partial charge in [0.25, 0.3) is 0 Å². The molecule has 4 aromatic rings. The summed E-state index contributed by atoms with van der Waals surface area (Å²) in [7, 11) is 0. The standard InChI is InChI=1S/C29H26FN3O6/c30-19-3-1-18(2-4-19)16-32-29(34)33-20-5-7-21(8-6-20)38-24-9-11-31-23-15-25(39-22-10-12-35-17-22)27-28(26(23)24)37-14-13-36-27/h1-9,11,15,22H,10,12-14,16-17H2,(H2,32,33,34). The highest BCUT2D eigenvalue weighted by Gasteiger charge is 2.27. The van der Waals surface area contributed by atoms with E-state index in [1.54, 1.807) is 48.7 Å². The number of aromatic nitrogens is 1. The molecule has 0 saturated carbocycles. The van der Waals surface area contributed by atoms with Crippen LogP contribution in [-0.4, -0.2) is 43.5 Å². The van der Waals surface area contributed by atoms with Crippen molar-refractivity contribution in [3.63, 3.8) is 0 Å². The molecule has 2 aliphatic heterocycles. The number of halogens is 1. The molecule has 0 spiro atoms. The number of hydrogen-bond donors (Lipinski definition) is 2. The van der Waals surface area contributed by atoms with Gasteiger partial charge in [0.15, 0.2) is 11.5 Å². The maximum Gasteiger partial charge on any atom is 0.319 e. The smallest absolute Gasteiger partial charge is 0.319 e. The Kier molecular flexibility index (Phi) is 7.01. The Hall–Kier alpha value is -4.57. The van der Waals surface area contributed by atoms with Gasteiger partial charge in [0.1, 0.15) is 36.6 Å². The van der Waals surface area contributed by atoms with Crippen LogP contribution in [0.3, 0.4) is 0 Å². The number of carbonyl (C=O) groups excluding carboxylic acids is 1. The lowest BCUT2D eigenvalue weighted by molar-refractivity contribution is 0.128. The van der Waals surface area contributed by atoms with Crippen LogP contribution in [0.5, 0.6) is 28.7 Å². The zero-order valence-electron chi connectivity index (χ0n) is 20.9. The largest absolute Gasteiger partial charge is 0.485 e. The topological polar surface area (TPSA) is 100 Å². The quantitative estimate of drug-likeness (QED) is 0.328. The maximum absolute atomic E-state index is 13.0. The number of hydrogen-bond acceptors (Lipinski definition) is 7. The molecule has 2 amide bonds. The zero-order valence-corrected chi connectivity index (χ0v) is 20.9. The molecular weight excluding hydrogens is 505 g/mol. The van der Waals surface area contributed by atoms with Crippen LogP contribution in [-0.2, 0) is 11.3 Å². The summed E-state index contributed by atoms with van der Waals surface area (Å²) in [4.78, 5) is 16.8. The van der Waals surface area contributed by atoms with E-state index in [0.717, 1.165) is 12.0 Å². The number of ether oxygens (including phenoxy) is 5. The number of nitrogens with zero attached hydrogens (tertiary/aromatic N) is 1. The summed E-state index contributed by atoms with van der Waals surface area (Å²) in [5, 5.41) is 6.20. The van der Waals surface area contributed by atoms with Gasteiger partial charge < -0.3 is 34.3 Å². The number of amides is 2. The second-order valence-electron chi connectivity index (χ2n) is 9.10. The van der Waals surface area contributed by atoms with Crippen LogP contribution in [0.25, 0.3) is 10.9 Å². The summed E-state index contributed by atoms with van der Waals surface area (Å²) in [6.45, 7) is 2.29. The van der Waals surface area contributed by atoms with Crippen LogP contribution in [0.1, 0.15) is 12.0 Å². The summed E-state index contributed by atoms with van der Waals surface area (Å²) < 4.78 is 42.8. The van der Waals surface area contributed by atoms with E-state index < -0.39 is 0 Å². The lowest BCUT2D eigenvalue weighted by atomic mass is 10.1.